The number of hydrogen-bond acceptors (Lipinski definition) is 2. The molecular formula is C13H15NO2. The molecular weight excluding hydrogens is 202 g/mol. The quantitative estimate of drug-likeness (QED) is 0.675. The molecule has 1 aromatic carbocycles. The fourth-order valence-corrected chi connectivity index (χ4v) is 2.18. The first-order chi connectivity index (χ1) is 7.59. The van der Waals surface area contributed by atoms with Crippen LogP contribution in [0.1, 0.15) is 24.0 Å². The molecule has 1 aliphatic rings. The Morgan fingerprint density at radius 1 is 1.12 bits per heavy atom. The second kappa shape index (κ2) is 4.08. The van der Waals surface area contributed by atoms with E-state index in [2.05, 4.69) is 0 Å². The van der Waals surface area contributed by atoms with Gasteiger partial charge in [0.05, 0.1) is 6.42 Å². The number of anilines is 1. The number of carbonyl (C=O) groups excluding carboxylic acids is 2. The number of carbonyl (C=O) groups is 2. The van der Waals surface area contributed by atoms with Crippen molar-refractivity contribution in [2.75, 3.05) is 11.4 Å². The Hall–Kier alpha value is -1.64. The molecule has 0 aromatic heterocycles. The molecule has 1 aromatic rings. The van der Waals surface area contributed by atoms with E-state index in [9.17, 15) is 9.59 Å². The van der Waals surface area contributed by atoms with Gasteiger partial charge in [-0.1, -0.05) is 18.2 Å². The number of hydrogen-bond donors (Lipinski definition) is 0. The summed E-state index contributed by atoms with van der Waals surface area (Å²) in [6.07, 6.45) is 0.521. The van der Waals surface area contributed by atoms with Crippen LogP contribution >= 0.6 is 0 Å². The Balaban J connectivity index is 2.37. The molecule has 1 amide bonds. The van der Waals surface area contributed by atoms with E-state index >= 15 is 0 Å². The molecule has 1 heterocycles. The van der Waals surface area contributed by atoms with Gasteiger partial charge in [0.15, 0.2) is 0 Å². The van der Waals surface area contributed by atoms with E-state index in [0.29, 0.717) is 13.0 Å². The normalized spacial score (nSPS) is 16.8. The highest BCUT2D eigenvalue weighted by Crippen LogP contribution is 2.27. The molecule has 84 valence electrons. The number of nitrogens with zero attached hydrogens (tertiary/aromatic N) is 1. The second-order valence-electron chi connectivity index (χ2n) is 4.25. The third kappa shape index (κ3) is 1.85. The fraction of sp³-hybridized carbons (Fsp3) is 0.385. The number of ketones is 1. The minimum Gasteiger partial charge on any atom is -0.311 e. The average molecular weight is 217 g/mol. The summed E-state index contributed by atoms with van der Waals surface area (Å²) in [4.78, 5) is 24.7. The number of rotatable bonds is 1. The number of aryl methyl sites for hydroxylation is 2. The zero-order chi connectivity index (χ0) is 11.7. The predicted molar refractivity (Wildman–Crippen MR) is 62.5 cm³/mol. The third-order valence-corrected chi connectivity index (χ3v) is 2.97. The lowest BCUT2D eigenvalue weighted by Gasteiger charge is -2.29. The highest BCUT2D eigenvalue weighted by atomic mass is 16.2. The largest absolute Gasteiger partial charge is 0.311 e. The van der Waals surface area contributed by atoms with Crippen LogP contribution in [0.4, 0.5) is 5.69 Å². The molecule has 0 radical (unpaired) electrons. The Morgan fingerprint density at radius 3 is 2.31 bits per heavy atom. The molecule has 1 aliphatic heterocycles. The van der Waals surface area contributed by atoms with Crippen LogP contribution in [0.15, 0.2) is 18.2 Å². The van der Waals surface area contributed by atoms with Gasteiger partial charge in [-0.05, 0) is 25.0 Å². The summed E-state index contributed by atoms with van der Waals surface area (Å²) in [5.74, 6) is -0.0267. The van der Waals surface area contributed by atoms with E-state index in [0.717, 1.165) is 16.8 Å². The summed E-state index contributed by atoms with van der Waals surface area (Å²) in [6.45, 7) is 4.50. The van der Waals surface area contributed by atoms with Gasteiger partial charge < -0.3 is 4.90 Å². The van der Waals surface area contributed by atoms with Gasteiger partial charge in [0.1, 0.15) is 5.78 Å². The van der Waals surface area contributed by atoms with Crippen molar-refractivity contribution < 1.29 is 9.59 Å². The number of benzene rings is 1. The van der Waals surface area contributed by atoms with E-state index < -0.39 is 0 Å². The molecule has 0 bridgehead atoms. The summed E-state index contributed by atoms with van der Waals surface area (Å²) in [6, 6.07) is 5.96. The summed E-state index contributed by atoms with van der Waals surface area (Å²) < 4.78 is 0. The first-order valence-corrected chi connectivity index (χ1v) is 5.48. The van der Waals surface area contributed by atoms with Crippen molar-refractivity contribution in [1.29, 1.82) is 0 Å². The Labute approximate surface area is 95.1 Å². The van der Waals surface area contributed by atoms with Crippen molar-refractivity contribution in [2.24, 2.45) is 0 Å². The van der Waals surface area contributed by atoms with Gasteiger partial charge in [-0.25, -0.2) is 0 Å². The molecule has 0 aliphatic carbocycles. The van der Waals surface area contributed by atoms with Gasteiger partial charge in [0.2, 0.25) is 5.91 Å². The van der Waals surface area contributed by atoms with Crippen LogP contribution in [-0.4, -0.2) is 18.2 Å². The summed E-state index contributed by atoms with van der Waals surface area (Å²) in [7, 11) is 0. The van der Waals surface area contributed by atoms with E-state index in [-0.39, 0.29) is 18.1 Å². The Morgan fingerprint density at radius 2 is 1.75 bits per heavy atom. The topological polar surface area (TPSA) is 37.4 Å². The Bertz CT molecular complexity index is 431. The smallest absolute Gasteiger partial charge is 0.234 e. The molecule has 3 heteroatoms. The Kier molecular flexibility index (Phi) is 2.77. The van der Waals surface area contributed by atoms with Crippen LogP contribution in [0.2, 0.25) is 0 Å². The van der Waals surface area contributed by atoms with Gasteiger partial charge in [0, 0.05) is 18.7 Å². The summed E-state index contributed by atoms with van der Waals surface area (Å²) >= 11 is 0. The zero-order valence-electron chi connectivity index (χ0n) is 9.62. The molecule has 2 rings (SSSR count). The van der Waals surface area contributed by atoms with Crippen LogP contribution in [0.3, 0.4) is 0 Å². The molecule has 0 atom stereocenters. The van der Waals surface area contributed by atoms with Crippen molar-refractivity contribution in [2.45, 2.75) is 26.7 Å². The maximum absolute atomic E-state index is 11.8. The summed E-state index contributed by atoms with van der Waals surface area (Å²) in [5.41, 5.74) is 3.14. The molecule has 3 nitrogen and oxygen atoms in total. The van der Waals surface area contributed by atoms with Crippen LogP contribution in [0, 0.1) is 13.8 Å². The van der Waals surface area contributed by atoms with Crippen molar-refractivity contribution in [3.8, 4) is 0 Å². The van der Waals surface area contributed by atoms with E-state index in [1.54, 1.807) is 4.90 Å². The fourth-order valence-electron chi connectivity index (χ4n) is 2.18. The van der Waals surface area contributed by atoms with Gasteiger partial charge in [0.25, 0.3) is 0 Å². The molecule has 0 saturated carbocycles. The van der Waals surface area contributed by atoms with Crippen molar-refractivity contribution in [3.05, 3.63) is 29.3 Å². The van der Waals surface area contributed by atoms with E-state index in [1.807, 2.05) is 32.0 Å². The van der Waals surface area contributed by atoms with E-state index in [4.69, 9.17) is 0 Å². The number of amides is 1. The summed E-state index contributed by atoms with van der Waals surface area (Å²) in [5, 5.41) is 0. The van der Waals surface area contributed by atoms with Crippen LogP contribution in [0.25, 0.3) is 0 Å². The average Bonchev–Trinajstić information content (AvgIpc) is 2.20. The lowest BCUT2D eigenvalue weighted by molar-refractivity contribution is -0.128. The highest BCUT2D eigenvalue weighted by molar-refractivity contribution is 6.09. The van der Waals surface area contributed by atoms with Gasteiger partial charge in [-0.15, -0.1) is 0 Å². The first-order valence-electron chi connectivity index (χ1n) is 5.48. The first kappa shape index (κ1) is 10.9. The van der Waals surface area contributed by atoms with Crippen molar-refractivity contribution >= 4 is 17.4 Å². The maximum Gasteiger partial charge on any atom is 0.234 e. The second-order valence-corrected chi connectivity index (χ2v) is 4.25. The maximum atomic E-state index is 11.8. The predicted octanol–water partition coefficient (Wildman–Crippen LogP) is 2.00. The molecule has 0 unspecified atom stereocenters. The van der Waals surface area contributed by atoms with Crippen LogP contribution < -0.4 is 4.90 Å². The number of para-hydroxylation sites is 1. The van der Waals surface area contributed by atoms with Gasteiger partial charge in [-0.2, -0.15) is 0 Å². The minimum atomic E-state index is -0.0753. The molecule has 1 fully saturated rings. The number of Topliss-reactive ketones (excluding diaryl/α,β-unsaturated/α-hetero) is 1. The van der Waals surface area contributed by atoms with Crippen molar-refractivity contribution in [3.63, 3.8) is 0 Å². The third-order valence-electron chi connectivity index (χ3n) is 2.97. The highest BCUT2D eigenvalue weighted by Gasteiger charge is 2.26. The molecule has 1 saturated heterocycles. The standard InChI is InChI=1S/C13H15NO2/c1-9-4-3-5-10(2)13(9)14-7-6-11(15)8-12(14)16/h3-5H,6-8H2,1-2H3. The lowest BCUT2D eigenvalue weighted by Crippen LogP contribution is -2.39. The SMILES string of the molecule is Cc1cccc(C)c1N1CCC(=O)CC1=O. The zero-order valence-corrected chi connectivity index (χ0v) is 9.62. The lowest BCUT2D eigenvalue weighted by atomic mass is 10.0. The molecule has 16 heavy (non-hydrogen) atoms. The van der Waals surface area contributed by atoms with Crippen molar-refractivity contribution in [1.82, 2.24) is 0 Å². The number of piperidine rings is 1. The van der Waals surface area contributed by atoms with Crippen LogP contribution in [-0.2, 0) is 9.59 Å². The molecule has 0 N–H and O–H groups in total. The van der Waals surface area contributed by atoms with E-state index in [1.165, 1.54) is 0 Å². The monoisotopic (exact) mass is 217 g/mol. The minimum absolute atomic E-state index is 0.0486. The van der Waals surface area contributed by atoms with Gasteiger partial charge >= 0.3 is 0 Å². The van der Waals surface area contributed by atoms with Gasteiger partial charge in [-0.3, -0.25) is 9.59 Å². The molecule has 0 spiro atoms. The van der Waals surface area contributed by atoms with Crippen LogP contribution in [0.5, 0.6) is 0 Å².